The van der Waals surface area contributed by atoms with Gasteiger partial charge in [-0.2, -0.15) is 0 Å². The molecule has 122 valence electrons. The van der Waals surface area contributed by atoms with Crippen molar-refractivity contribution >= 4 is 49.5 Å². The van der Waals surface area contributed by atoms with Crippen LogP contribution in [0.3, 0.4) is 0 Å². The quantitative estimate of drug-likeness (QED) is 0.222. The summed E-state index contributed by atoms with van der Waals surface area (Å²) in [5, 5.41) is 0. The van der Waals surface area contributed by atoms with Gasteiger partial charge in [-0.05, 0) is 0 Å². The molecule has 0 aromatic rings. The maximum atomic E-state index is 4.63. The number of unbranched alkanes of at least 4 members (excludes halogenated alkanes) is 3. The van der Waals surface area contributed by atoms with Gasteiger partial charge in [0.1, 0.15) is 0 Å². The van der Waals surface area contributed by atoms with E-state index in [9.17, 15) is 0 Å². The molecular weight excluding hydrogens is 414 g/mol. The van der Waals surface area contributed by atoms with Gasteiger partial charge in [0.2, 0.25) is 0 Å². The Morgan fingerprint density at radius 3 is 1.30 bits per heavy atom. The molecule has 0 saturated carbocycles. The van der Waals surface area contributed by atoms with Gasteiger partial charge in [-0.25, -0.2) is 0 Å². The van der Waals surface area contributed by atoms with Crippen molar-refractivity contribution in [2.24, 2.45) is 0 Å². The fourth-order valence-electron chi connectivity index (χ4n) is 1.73. The van der Waals surface area contributed by atoms with Crippen LogP contribution >= 0.6 is 5.69 Å². The summed E-state index contributed by atoms with van der Waals surface area (Å²) >= 11 is 8.42. The SMILES string of the molecule is CCC[CH2][Sn+]([CH2]CCC)[CH2]CCC.COP(=S)([S-])OC. The van der Waals surface area contributed by atoms with E-state index in [0.29, 0.717) is 0 Å². The third-order valence-corrected chi connectivity index (χ3v) is 14.9. The van der Waals surface area contributed by atoms with E-state index in [4.69, 9.17) is 0 Å². The Morgan fingerprint density at radius 1 is 0.850 bits per heavy atom. The van der Waals surface area contributed by atoms with E-state index in [2.05, 4.69) is 53.9 Å². The van der Waals surface area contributed by atoms with Crippen LogP contribution in [0.2, 0.25) is 13.3 Å². The number of hydrogen-bond donors (Lipinski definition) is 0. The zero-order chi connectivity index (χ0) is 15.9. The predicted molar refractivity (Wildman–Crippen MR) is 101 cm³/mol. The van der Waals surface area contributed by atoms with Crippen LogP contribution < -0.4 is 0 Å². The molecule has 2 nitrogen and oxygen atoms in total. The predicted octanol–water partition coefficient (Wildman–Crippen LogP) is 5.93. The van der Waals surface area contributed by atoms with Crippen LogP contribution in [-0.4, -0.2) is 34.0 Å². The van der Waals surface area contributed by atoms with Crippen LogP contribution in [0.25, 0.3) is 0 Å². The van der Waals surface area contributed by atoms with E-state index >= 15 is 0 Å². The molecule has 6 heteroatoms. The standard InChI is InChI=1S/3C4H9.C2H7O2PS2.Sn/c3*1-3-4-2;1-3-5(6,7)4-2;/h3*1,3-4H2,2H3;1-2H3,(H,6,7);/q;;;;+1/p-1. The molecule has 0 atom stereocenters. The number of hydrogen-bond acceptors (Lipinski definition) is 4. The summed E-state index contributed by atoms with van der Waals surface area (Å²) in [6.45, 7) is 7.00. The van der Waals surface area contributed by atoms with Gasteiger partial charge in [0, 0.05) is 14.2 Å². The molecule has 0 aliphatic carbocycles. The summed E-state index contributed by atoms with van der Waals surface area (Å²) in [5.74, 6) is 0. The van der Waals surface area contributed by atoms with Crippen LogP contribution in [0.1, 0.15) is 59.3 Å². The first-order valence-electron chi connectivity index (χ1n) is 7.73. The van der Waals surface area contributed by atoms with E-state index in [-0.39, 0.29) is 0 Å². The van der Waals surface area contributed by atoms with E-state index < -0.39 is 25.5 Å². The van der Waals surface area contributed by atoms with Crippen molar-refractivity contribution in [3.8, 4) is 0 Å². The zero-order valence-electron chi connectivity index (χ0n) is 13.9. The maximum absolute atomic E-state index is 4.63. The van der Waals surface area contributed by atoms with Gasteiger partial charge < -0.3 is 21.3 Å². The monoisotopic (exact) mass is 448 g/mol. The van der Waals surface area contributed by atoms with Gasteiger partial charge in [-0.3, -0.25) is 0 Å². The van der Waals surface area contributed by atoms with Crippen molar-refractivity contribution < 1.29 is 9.05 Å². The molecule has 0 aromatic heterocycles. The minimum absolute atomic E-state index is 0.839. The van der Waals surface area contributed by atoms with Crippen LogP contribution in [-0.2, 0) is 33.1 Å². The fourth-order valence-corrected chi connectivity index (χ4v) is 11.3. The molecule has 0 amide bonds. The second kappa shape index (κ2) is 17.1. The number of rotatable bonds is 11. The second-order valence-corrected chi connectivity index (χ2v) is 18.6. The Morgan fingerprint density at radius 2 is 1.15 bits per heavy atom. The normalized spacial score (nSPS) is 10.9. The average Bonchev–Trinajstić information content (AvgIpc) is 2.47. The minimum Gasteiger partial charge on any atom is -0.691 e. The topological polar surface area (TPSA) is 18.5 Å². The molecule has 0 bridgehead atoms. The fraction of sp³-hybridized carbons (Fsp3) is 1.00. The van der Waals surface area contributed by atoms with E-state index in [0.717, 1.165) is 0 Å². The minimum atomic E-state index is -2.24. The van der Waals surface area contributed by atoms with Gasteiger partial charge in [0.25, 0.3) is 0 Å². The van der Waals surface area contributed by atoms with Gasteiger partial charge in [-0.1, -0.05) is 11.8 Å². The molecule has 0 aliphatic heterocycles. The summed E-state index contributed by atoms with van der Waals surface area (Å²) in [6.07, 6.45) is 8.85. The van der Waals surface area contributed by atoms with Crippen LogP contribution in [0.15, 0.2) is 0 Å². The Hall–Kier alpha value is 1.72. The van der Waals surface area contributed by atoms with Crippen LogP contribution in [0.4, 0.5) is 0 Å². The smallest absolute Gasteiger partial charge is 0.0555 e. The summed E-state index contributed by atoms with van der Waals surface area (Å²) in [4.78, 5) is 0. The van der Waals surface area contributed by atoms with Gasteiger partial charge in [0.05, 0.1) is 5.69 Å². The third kappa shape index (κ3) is 17.8. The van der Waals surface area contributed by atoms with E-state index in [1.54, 1.807) is 13.3 Å². The van der Waals surface area contributed by atoms with E-state index in [1.807, 2.05) is 0 Å². The summed E-state index contributed by atoms with van der Waals surface area (Å²) < 4.78 is 14.2. The van der Waals surface area contributed by atoms with Crippen molar-refractivity contribution in [3.05, 3.63) is 0 Å². The van der Waals surface area contributed by atoms with Crippen molar-refractivity contribution in [2.75, 3.05) is 14.2 Å². The maximum Gasteiger partial charge on any atom is 0.0555 e. The molecule has 0 N–H and O–H groups in total. The molecular formula is C14H33O2PS2Sn. The van der Waals surface area contributed by atoms with Crippen molar-refractivity contribution in [2.45, 2.75) is 72.6 Å². The average molecular weight is 447 g/mol. The van der Waals surface area contributed by atoms with Crippen LogP contribution in [0.5, 0.6) is 0 Å². The first kappa shape index (κ1) is 24.0. The van der Waals surface area contributed by atoms with Crippen molar-refractivity contribution in [1.82, 2.24) is 0 Å². The molecule has 0 spiro atoms. The molecule has 0 heterocycles. The van der Waals surface area contributed by atoms with Crippen molar-refractivity contribution in [1.29, 1.82) is 0 Å². The van der Waals surface area contributed by atoms with Gasteiger partial charge in [0.15, 0.2) is 0 Å². The molecule has 0 aromatic carbocycles. The molecule has 0 unspecified atom stereocenters. The molecule has 0 rings (SSSR count). The Labute approximate surface area is 144 Å². The summed E-state index contributed by atoms with van der Waals surface area (Å²) in [7, 11) is 2.91. The first-order chi connectivity index (χ1) is 9.47. The first-order valence-corrected chi connectivity index (χ1v) is 17.4. The third-order valence-electron chi connectivity index (χ3n) is 3.10. The molecule has 0 fully saturated rings. The Bertz CT molecular complexity index is 216. The van der Waals surface area contributed by atoms with E-state index in [1.165, 1.54) is 52.7 Å². The molecule has 20 heavy (non-hydrogen) atoms. The van der Waals surface area contributed by atoms with Crippen molar-refractivity contribution in [3.63, 3.8) is 0 Å². The molecule has 0 saturated heterocycles. The van der Waals surface area contributed by atoms with Gasteiger partial charge in [-0.15, -0.1) is 0 Å². The van der Waals surface area contributed by atoms with Gasteiger partial charge >= 0.3 is 92.4 Å². The zero-order valence-corrected chi connectivity index (χ0v) is 19.3. The molecule has 0 aliphatic rings. The summed E-state index contributed by atoms with van der Waals surface area (Å²) in [5.41, 5.74) is -2.24. The Balaban J connectivity index is 0. The second-order valence-electron chi connectivity index (χ2n) is 4.87. The summed E-state index contributed by atoms with van der Waals surface area (Å²) in [6, 6.07) is 0. The largest absolute Gasteiger partial charge is 0.691 e. The Kier molecular flexibility index (Phi) is 20.5. The van der Waals surface area contributed by atoms with Crippen LogP contribution in [0, 0.1) is 0 Å². The molecule has 0 radical (unpaired) electrons.